The van der Waals surface area contributed by atoms with Crippen molar-refractivity contribution in [2.45, 2.75) is 70.0 Å². The maximum Gasteiger partial charge on any atom is 0.231 e. The van der Waals surface area contributed by atoms with Crippen LogP contribution in [0.5, 0.6) is 11.5 Å². The van der Waals surface area contributed by atoms with Crippen molar-refractivity contribution in [2.75, 3.05) is 39.5 Å². The van der Waals surface area contributed by atoms with Crippen molar-refractivity contribution in [1.29, 1.82) is 0 Å². The quantitative estimate of drug-likeness (QED) is 0.401. The van der Waals surface area contributed by atoms with Crippen LogP contribution in [0.25, 0.3) is 0 Å². The number of benzene rings is 2. The van der Waals surface area contributed by atoms with Gasteiger partial charge in [0.05, 0.1) is 0 Å². The van der Waals surface area contributed by atoms with E-state index in [1.165, 1.54) is 75.7 Å². The number of nitrogens with one attached hydrogen (secondary N) is 1. The minimum atomic E-state index is 0.344. The molecule has 0 radical (unpaired) electrons. The summed E-state index contributed by atoms with van der Waals surface area (Å²) >= 11 is 6.19. The fourth-order valence-corrected chi connectivity index (χ4v) is 7.75. The van der Waals surface area contributed by atoms with Crippen LogP contribution in [0.4, 0.5) is 0 Å². The summed E-state index contributed by atoms with van der Waals surface area (Å²) < 4.78 is 11.2. The molecule has 0 bridgehead atoms. The van der Waals surface area contributed by atoms with Crippen molar-refractivity contribution in [3.05, 3.63) is 58.6 Å². The van der Waals surface area contributed by atoms with Crippen molar-refractivity contribution in [1.82, 2.24) is 15.1 Å². The second kappa shape index (κ2) is 11.9. The summed E-state index contributed by atoms with van der Waals surface area (Å²) in [6.45, 7) is 7.38. The molecule has 6 rings (SSSR count). The van der Waals surface area contributed by atoms with Gasteiger partial charge in [-0.05, 0) is 112 Å². The molecule has 1 N–H and O–H groups in total. The Balaban J connectivity index is 1.03. The molecule has 3 saturated heterocycles. The van der Waals surface area contributed by atoms with Crippen LogP contribution < -0.4 is 14.8 Å². The Bertz CT molecular complexity index is 1030. The average molecular weight is 524 g/mol. The first kappa shape index (κ1) is 25.5. The lowest BCUT2D eigenvalue weighted by molar-refractivity contribution is -0.0811. The second-order valence-electron chi connectivity index (χ2n) is 11.5. The van der Waals surface area contributed by atoms with Crippen LogP contribution in [-0.4, -0.2) is 61.4 Å². The van der Waals surface area contributed by atoms with Crippen LogP contribution >= 0.6 is 11.6 Å². The number of ether oxygens (including phenoxy) is 2. The molecule has 37 heavy (non-hydrogen) atoms. The van der Waals surface area contributed by atoms with Crippen LogP contribution in [0.3, 0.4) is 0 Å². The van der Waals surface area contributed by atoms with Crippen LogP contribution in [0.2, 0.25) is 5.02 Å². The zero-order valence-electron chi connectivity index (χ0n) is 22.0. The van der Waals surface area contributed by atoms with Crippen LogP contribution in [0.1, 0.15) is 56.1 Å². The van der Waals surface area contributed by atoms with Gasteiger partial charge in [0, 0.05) is 30.2 Å². The lowest BCUT2D eigenvalue weighted by atomic mass is 9.69. The largest absolute Gasteiger partial charge is 0.454 e. The predicted octanol–water partition coefficient (Wildman–Crippen LogP) is 5.75. The van der Waals surface area contributed by atoms with Crippen LogP contribution in [0, 0.1) is 11.8 Å². The van der Waals surface area contributed by atoms with E-state index in [9.17, 15) is 0 Å². The Hall–Kier alpha value is -1.79. The molecule has 2 aromatic carbocycles. The van der Waals surface area contributed by atoms with Gasteiger partial charge in [-0.1, -0.05) is 42.3 Å². The van der Waals surface area contributed by atoms with Crippen molar-refractivity contribution >= 4 is 11.6 Å². The van der Waals surface area contributed by atoms with E-state index in [4.69, 9.17) is 21.1 Å². The van der Waals surface area contributed by atoms with E-state index in [-0.39, 0.29) is 0 Å². The molecule has 4 aliphatic heterocycles. The van der Waals surface area contributed by atoms with E-state index >= 15 is 0 Å². The molecule has 4 heterocycles. The first-order chi connectivity index (χ1) is 18.3. The van der Waals surface area contributed by atoms with Crippen LogP contribution in [-0.2, 0) is 13.0 Å². The third-order valence-electron chi connectivity index (χ3n) is 9.23. The third-order valence-corrected chi connectivity index (χ3v) is 9.48. The molecule has 4 atom stereocenters. The highest BCUT2D eigenvalue weighted by Crippen LogP contribution is 2.43. The second-order valence-corrected chi connectivity index (χ2v) is 11.9. The van der Waals surface area contributed by atoms with E-state index in [1.54, 1.807) is 0 Å². The number of para-hydroxylation sites is 1. The van der Waals surface area contributed by atoms with E-state index in [0.717, 1.165) is 60.5 Å². The molecular formula is C31H42ClN3O2. The first-order valence-corrected chi connectivity index (χ1v) is 14.9. The molecule has 2 aromatic rings. The van der Waals surface area contributed by atoms with Gasteiger partial charge in [-0.2, -0.15) is 0 Å². The normalized spacial score (nSPS) is 27.3. The molecule has 0 unspecified atom stereocenters. The fraction of sp³-hybridized carbons (Fsp3) is 0.613. The topological polar surface area (TPSA) is 37.0 Å². The van der Waals surface area contributed by atoms with Gasteiger partial charge in [-0.3, -0.25) is 9.80 Å². The summed E-state index contributed by atoms with van der Waals surface area (Å²) in [5, 5.41) is 4.51. The molecule has 3 fully saturated rings. The van der Waals surface area contributed by atoms with E-state index in [0.29, 0.717) is 12.8 Å². The highest BCUT2D eigenvalue weighted by Gasteiger charge is 2.48. The smallest absolute Gasteiger partial charge is 0.231 e. The summed E-state index contributed by atoms with van der Waals surface area (Å²) in [5.74, 6) is 3.49. The number of hydrogen-bond acceptors (Lipinski definition) is 5. The maximum absolute atomic E-state index is 6.19. The van der Waals surface area contributed by atoms with Gasteiger partial charge >= 0.3 is 0 Å². The number of nitrogens with zero attached hydrogens (tertiary/aromatic N) is 2. The Morgan fingerprint density at radius 1 is 0.946 bits per heavy atom. The van der Waals surface area contributed by atoms with Gasteiger partial charge in [0.15, 0.2) is 11.5 Å². The summed E-state index contributed by atoms with van der Waals surface area (Å²) in [5.41, 5.74) is 2.64. The number of likely N-dealkylation sites (tertiary alicyclic amines) is 1. The van der Waals surface area contributed by atoms with Crippen molar-refractivity contribution < 1.29 is 9.47 Å². The average Bonchev–Trinajstić information content (AvgIpc) is 3.41. The van der Waals surface area contributed by atoms with E-state index < -0.39 is 0 Å². The first-order valence-electron chi connectivity index (χ1n) is 14.6. The van der Waals surface area contributed by atoms with Gasteiger partial charge in [-0.15, -0.1) is 0 Å². The predicted molar refractivity (Wildman–Crippen MR) is 149 cm³/mol. The molecule has 6 heteroatoms. The fourth-order valence-electron chi connectivity index (χ4n) is 7.63. The summed E-state index contributed by atoms with van der Waals surface area (Å²) in [6, 6.07) is 16.3. The molecule has 0 amide bonds. The monoisotopic (exact) mass is 523 g/mol. The minimum absolute atomic E-state index is 0.344. The van der Waals surface area contributed by atoms with Crippen molar-refractivity contribution in [2.24, 2.45) is 11.8 Å². The molecule has 0 aliphatic carbocycles. The Kier molecular flexibility index (Phi) is 8.23. The molecule has 4 aliphatic rings. The molecule has 0 saturated carbocycles. The number of unbranched alkanes of at least 4 members (excludes halogenated alkanes) is 1. The third kappa shape index (κ3) is 5.80. The summed E-state index contributed by atoms with van der Waals surface area (Å²) in [4.78, 5) is 5.72. The lowest BCUT2D eigenvalue weighted by Crippen LogP contribution is -2.64. The van der Waals surface area contributed by atoms with Gasteiger partial charge < -0.3 is 14.8 Å². The number of halogens is 1. The van der Waals surface area contributed by atoms with Crippen molar-refractivity contribution in [3.8, 4) is 11.5 Å². The van der Waals surface area contributed by atoms with Gasteiger partial charge in [0.25, 0.3) is 0 Å². The highest BCUT2D eigenvalue weighted by molar-refractivity contribution is 6.30. The molecule has 200 valence electrons. The number of piperidine rings is 3. The van der Waals surface area contributed by atoms with Crippen molar-refractivity contribution in [3.63, 3.8) is 0 Å². The molecular weight excluding hydrogens is 482 g/mol. The van der Waals surface area contributed by atoms with Crippen LogP contribution in [0.15, 0.2) is 42.5 Å². The van der Waals surface area contributed by atoms with Gasteiger partial charge in [0.1, 0.15) is 0 Å². The van der Waals surface area contributed by atoms with Gasteiger partial charge in [-0.25, -0.2) is 0 Å². The Morgan fingerprint density at radius 2 is 1.81 bits per heavy atom. The standard InChI is InChI=1S/C31H42ClN3O2/c32-26-13-11-23(12-14-26)20-35-21-25-7-4-18-34-19-5-8-27(30(25)34)28(35)9-1-2-16-33-17-15-24-6-3-10-29-31(24)37-22-36-29/h3,6,10-14,25,27-28,30,33H,1-2,4-5,7-9,15-22H2/t25-,27-,28-,30+/m1/s1. The molecule has 0 aromatic heterocycles. The number of rotatable bonds is 10. The summed E-state index contributed by atoms with van der Waals surface area (Å²) in [6.07, 6.45) is 10.4. The van der Waals surface area contributed by atoms with E-state index in [1.807, 2.05) is 6.07 Å². The Labute approximate surface area is 227 Å². The zero-order chi connectivity index (χ0) is 25.0. The molecule has 0 spiro atoms. The SMILES string of the molecule is Clc1ccc(CN2C[C@H]3CCCN4CCC[C@@H]([C@H]34)[C@H]2CCCCNCCc2cccc3c2OCO3)cc1. The number of hydrogen-bond donors (Lipinski definition) is 1. The Morgan fingerprint density at radius 3 is 2.70 bits per heavy atom. The highest BCUT2D eigenvalue weighted by atomic mass is 35.5. The number of fused-ring (bicyclic) bond motifs is 1. The lowest BCUT2D eigenvalue weighted by Gasteiger charge is -2.57. The molecule has 5 nitrogen and oxygen atoms in total. The summed E-state index contributed by atoms with van der Waals surface area (Å²) in [7, 11) is 0. The minimum Gasteiger partial charge on any atom is -0.454 e. The van der Waals surface area contributed by atoms with Gasteiger partial charge in [0.2, 0.25) is 6.79 Å². The zero-order valence-corrected chi connectivity index (χ0v) is 22.8. The maximum atomic E-state index is 6.19. The van der Waals surface area contributed by atoms with E-state index in [2.05, 4.69) is 51.5 Å².